The third kappa shape index (κ3) is 26.9. The van der Waals surface area contributed by atoms with Crippen LogP contribution in [0.1, 0.15) is 69.2 Å². The van der Waals surface area contributed by atoms with Crippen LogP contribution in [0, 0.1) is 0 Å². The third-order valence-electron chi connectivity index (χ3n) is 5.88. The summed E-state index contributed by atoms with van der Waals surface area (Å²) in [5.41, 5.74) is 0. The second kappa shape index (κ2) is 26.1. The van der Waals surface area contributed by atoms with Gasteiger partial charge in [0.15, 0.2) is 0 Å². The highest BCUT2D eigenvalue weighted by atomic mass is 16.6. The van der Waals surface area contributed by atoms with E-state index in [0.29, 0.717) is 66.1 Å². The Kier molecular flexibility index (Phi) is 25.4. The molecule has 0 bridgehead atoms. The standard InChI is InChI=1S/C32H62O11/c1-12-13-34-14-23(2)35-15-24(3)36-16-25(4)37-17-26(5)38-18-27(6)39-19-28(7)40-20-29(8)41-21-30(9)42-22-31(10)43-32(11)33/h12,23-31H,1,13-22H2,2-11H3. The minimum Gasteiger partial charge on any atom is -0.460 e. The molecule has 0 spiro atoms. The number of esters is 1. The Labute approximate surface area is 261 Å². The lowest BCUT2D eigenvalue weighted by Crippen LogP contribution is -2.30. The molecule has 9 unspecified atom stereocenters. The van der Waals surface area contributed by atoms with E-state index < -0.39 is 0 Å². The Hall–Kier alpha value is -1.15. The average molecular weight is 623 g/mol. The first kappa shape index (κ1) is 41.9. The molecular formula is C32H62O11. The van der Waals surface area contributed by atoms with Gasteiger partial charge in [-0.1, -0.05) is 6.08 Å². The van der Waals surface area contributed by atoms with Crippen molar-refractivity contribution in [2.45, 2.75) is 124 Å². The van der Waals surface area contributed by atoms with E-state index in [4.69, 9.17) is 47.4 Å². The summed E-state index contributed by atoms with van der Waals surface area (Å²) in [6, 6.07) is 0. The quantitative estimate of drug-likeness (QED) is 0.0674. The van der Waals surface area contributed by atoms with Gasteiger partial charge in [0.2, 0.25) is 0 Å². The molecule has 0 saturated carbocycles. The molecule has 0 fully saturated rings. The molecule has 11 heteroatoms. The Morgan fingerprint density at radius 2 is 0.698 bits per heavy atom. The Balaban J connectivity index is 3.90. The molecule has 0 aromatic heterocycles. The van der Waals surface area contributed by atoms with Crippen molar-refractivity contribution >= 4 is 5.97 Å². The van der Waals surface area contributed by atoms with Gasteiger partial charge >= 0.3 is 5.97 Å². The van der Waals surface area contributed by atoms with Gasteiger partial charge in [-0.2, -0.15) is 0 Å². The van der Waals surface area contributed by atoms with E-state index in [2.05, 4.69) is 6.58 Å². The van der Waals surface area contributed by atoms with Crippen LogP contribution in [0.3, 0.4) is 0 Å². The molecule has 11 nitrogen and oxygen atoms in total. The Bertz CT molecular complexity index is 680. The summed E-state index contributed by atoms with van der Waals surface area (Å²) in [6.07, 6.45) is 0.863. The number of hydrogen-bond donors (Lipinski definition) is 0. The molecule has 0 radical (unpaired) electrons. The van der Waals surface area contributed by atoms with E-state index in [0.717, 1.165) is 0 Å². The van der Waals surface area contributed by atoms with Crippen molar-refractivity contribution in [1.29, 1.82) is 0 Å². The van der Waals surface area contributed by atoms with Crippen molar-refractivity contribution < 1.29 is 52.2 Å². The van der Waals surface area contributed by atoms with Crippen LogP contribution in [0.2, 0.25) is 0 Å². The van der Waals surface area contributed by atoms with E-state index in [1.807, 2.05) is 55.4 Å². The zero-order valence-electron chi connectivity index (χ0n) is 28.5. The van der Waals surface area contributed by atoms with Gasteiger partial charge in [-0.15, -0.1) is 6.58 Å². The van der Waals surface area contributed by atoms with E-state index in [9.17, 15) is 4.79 Å². The molecule has 256 valence electrons. The summed E-state index contributed by atoms with van der Waals surface area (Å²) >= 11 is 0. The maximum atomic E-state index is 11.0. The second-order valence-corrected chi connectivity index (χ2v) is 11.4. The van der Waals surface area contributed by atoms with Gasteiger partial charge < -0.3 is 47.4 Å². The smallest absolute Gasteiger partial charge is 0.302 e. The van der Waals surface area contributed by atoms with Crippen LogP contribution in [0.15, 0.2) is 12.7 Å². The number of ether oxygens (including phenoxy) is 10. The minimum atomic E-state index is -0.317. The maximum Gasteiger partial charge on any atom is 0.302 e. The van der Waals surface area contributed by atoms with E-state index in [1.54, 1.807) is 13.0 Å². The van der Waals surface area contributed by atoms with Crippen LogP contribution in [-0.4, -0.2) is 127 Å². The molecule has 0 saturated heterocycles. The number of rotatable bonds is 29. The Morgan fingerprint density at radius 1 is 0.465 bits per heavy atom. The lowest BCUT2D eigenvalue weighted by atomic mass is 10.3. The molecule has 0 heterocycles. The summed E-state index contributed by atoms with van der Waals surface area (Å²) < 4.78 is 57.0. The van der Waals surface area contributed by atoms with Crippen molar-refractivity contribution in [1.82, 2.24) is 0 Å². The fourth-order valence-electron chi connectivity index (χ4n) is 3.42. The molecule has 9 atom stereocenters. The van der Waals surface area contributed by atoms with Crippen LogP contribution in [0.25, 0.3) is 0 Å². The monoisotopic (exact) mass is 622 g/mol. The van der Waals surface area contributed by atoms with E-state index in [1.165, 1.54) is 6.92 Å². The van der Waals surface area contributed by atoms with Crippen LogP contribution in [-0.2, 0) is 52.2 Å². The molecule has 0 amide bonds. The molecule has 43 heavy (non-hydrogen) atoms. The SMILES string of the molecule is C=CCOCC(C)OCC(C)OCC(C)OCC(C)OCC(C)OCC(C)OCC(C)OCC(C)OCC(C)OC(C)=O. The largest absolute Gasteiger partial charge is 0.460 e. The van der Waals surface area contributed by atoms with Gasteiger partial charge in [0, 0.05) is 6.92 Å². The fourth-order valence-corrected chi connectivity index (χ4v) is 3.42. The minimum absolute atomic E-state index is 0.000481. The lowest BCUT2D eigenvalue weighted by Gasteiger charge is -2.23. The molecule has 0 rings (SSSR count). The van der Waals surface area contributed by atoms with Gasteiger partial charge in [-0.25, -0.2) is 0 Å². The molecule has 0 aliphatic carbocycles. The average Bonchev–Trinajstić information content (AvgIpc) is 2.96. The van der Waals surface area contributed by atoms with Crippen molar-refractivity contribution in [3.63, 3.8) is 0 Å². The molecule has 0 aliphatic rings. The van der Waals surface area contributed by atoms with Gasteiger partial charge in [0.1, 0.15) is 6.10 Å². The first-order valence-corrected chi connectivity index (χ1v) is 15.6. The topological polar surface area (TPSA) is 109 Å². The number of carbonyl (C=O) groups excluding carboxylic acids is 1. The normalized spacial score (nSPS) is 18.2. The van der Waals surface area contributed by atoms with Crippen LogP contribution in [0.5, 0.6) is 0 Å². The number of carbonyl (C=O) groups is 1. The Morgan fingerprint density at radius 3 is 0.930 bits per heavy atom. The highest BCUT2D eigenvalue weighted by Crippen LogP contribution is 2.06. The third-order valence-corrected chi connectivity index (χ3v) is 5.88. The molecule has 0 N–H and O–H groups in total. The van der Waals surface area contributed by atoms with Crippen molar-refractivity contribution in [2.75, 3.05) is 66.1 Å². The van der Waals surface area contributed by atoms with E-state index in [-0.39, 0.29) is 60.9 Å². The predicted octanol–water partition coefficient (Wildman–Crippen LogP) is 4.38. The van der Waals surface area contributed by atoms with Gasteiger partial charge in [0.05, 0.1) is 115 Å². The molecule has 0 aliphatic heterocycles. The van der Waals surface area contributed by atoms with Crippen molar-refractivity contribution in [3.8, 4) is 0 Å². The first-order chi connectivity index (χ1) is 20.3. The molecule has 0 aromatic carbocycles. The molecular weight excluding hydrogens is 560 g/mol. The van der Waals surface area contributed by atoms with Crippen LogP contribution >= 0.6 is 0 Å². The number of hydrogen-bond acceptors (Lipinski definition) is 11. The van der Waals surface area contributed by atoms with Gasteiger partial charge in [-0.05, 0) is 62.3 Å². The summed E-state index contributed by atoms with van der Waals surface area (Å²) in [6.45, 7) is 27.1. The summed E-state index contributed by atoms with van der Waals surface area (Å²) in [5, 5.41) is 0. The van der Waals surface area contributed by atoms with Crippen LogP contribution in [0.4, 0.5) is 0 Å². The highest BCUT2D eigenvalue weighted by molar-refractivity contribution is 5.66. The summed E-state index contributed by atoms with van der Waals surface area (Å²) in [7, 11) is 0. The predicted molar refractivity (Wildman–Crippen MR) is 166 cm³/mol. The van der Waals surface area contributed by atoms with Crippen LogP contribution < -0.4 is 0 Å². The maximum absolute atomic E-state index is 11.0. The molecule has 0 aromatic rings. The zero-order valence-corrected chi connectivity index (χ0v) is 28.5. The van der Waals surface area contributed by atoms with Gasteiger partial charge in [0.25, 0.3) is 0 Å². The highest BCUT2D eigenvalue weighted by Gasteiger charge is 2.15. The first-order valence-electron chi connectivity index (χ1n) is 15.6. The van der Waals surface area contributed by atoms with E-state index >= 15 is 0 Å². The van der Waals surface area contributed by atoms with Gasteiger partial charge in [-0.3, -0.25) is 4.79 Å². The van der Waals surface area contributed by atoms with Crippen molar-refractivity contribution in [3.05, 3.63) is 12.7 Å². The zero-order chi connectivity index (χ0) is 32.6. The fraction of sp³-hybridized carbons (Fsp3) is 0.906. The summed E-state index contributed by atoms with van der Waals surface area (Å²) in [5.74, 6) is -0.317. The second-order valence-electron chi connectivity index (χ2n) is 11.4. The van der Waals surface area contributed by atoms with Crippen molar-refractivity contribution in [2.24, 2.45) is 0 Å². The lowest BCUT2D eigenvalue weighted by molar-refractivity contribution is -0.150. The summed E-state index contributed by atoms with van der Waals surface area (Å²) in [4.78, 5) is 11.0.